The van der Waals surface area contributed by atoms with Gasteiger partial charge in [0, 0.05) is 39.3 Å². The van der Waals surface area contributed by atoms with Crippen LogP contribution in [0.5, 0.6) is 0 Å². The van der Waals surface area contributed by atoms with E-state index < -0.39 is 0 Å². The van der Waals surface area contributed by atoms with Crippen LogP contribution in [0.2, 0.25) is 0 Å². The van der Waals surface area contributed by atoms with Crippen molar-refractivity contribution in [1.82, 2.24) is 9.97 Å². The molecule has 0 saturated carbocycles. The highest BCUT2D eigenvalue weighted by atomic mass is 19.1. The fraction of sp³-hybridized carbons (Fsp3) is 0. The molecule has 20 heavy (non-hydrogen) atoms. The van der Waals surface area contributed by atoms with Crippen LogP contribution in [0.4, 0.5) is 8.78 Å². The second kappa shape index (κ2) is 3.93. The predicted octanol–water partition coefficient (Wildman–Crippen LogP) is 4.59. The Balaban J connectivity index is 1.96. The zero-order valence-electron chi connectivity index (χ0n) is 10.4. The largest absolute Gasteiger partial charge is 0.360 e. The standard InChI is InChI=1S/C16H10F2N2/c17-10-2-1-9-5-16(20-14(9)6-10)13-8-19-15-7-11(18)3-4-12(13)15/h1-8,19-20H. The van der Waals surface area contributed by atoms with E-state index >= 15 is 0 Å². The predicted molar refractivity (Wildman–Crippen MR) is 75.5 cm³/mol. The van der Waals surface area contributed by atoms with Gasteiger partial charge in [0.15, 0.2) is 0 Å². The van der Waals surface area contributed by atoms with Crippen molar-refractivity contribution in [2.75, 3.05) is 0 Å². The van der Waals surface area contributed by atoms with Crippen molar-refractivity contribution in [2.24, 2.45) is 0 Å². The summed E-state index contributed by atoms with van der Waals surface area (Å²) in [6, 6.07) is 11.2. The molecule has 4 heteroatoms. The molecule has 4 rings (SSSR count). The summed E-state index contributed by atoms with van der Waals surface area (Å²) in [6.07, 6.45) is 1.82. The van der Waals surface area contributed by atoms with Gasteiger partial charge in [0.05, 0.1) is 0 Å². The molecule has 0 aliphatic heterocycles. The van der Waals surface area contributed by atoms with Crippen LogP contribution in [0.15, 0.2) is 48.7 Å². The molecule has 0 atom stereocenters. The van der Waals surface area contributed by atoms with Gasteiger partial charge in [-0.05, 0) is 42.5 Å². The van der Waals surface area contributed by atoms with Gasteiger partial charge in [0.25, 0.3) is 0 Å². The second-order valence-corrected chi connectivity index (χ2v) is 4.81. The Morgan fingerprint density at radius 1 is 0.800 bits per heavy atom. The van der Waals surface area contributed by atoms with E-state index in [1.807, 2.05) is 12.3 Å². The van der Waals surface area contributed by atoms with E-state index in [1.165, 1.54) is 24.3 Å². The van der Waals surface area contributed by atoms with Gasteiger partial charge in [0.2, 0.25) is 0 Å². The average Bonchev–Trinajstić information content (AvgIpc) is 3.00. The number of aromatic amines is 2. The number of aromatic nitrogens is 2. The van der Waals surface area contributed by atoms with Gasteiger partial charge in [0.1, 0.15) is 11.6 Å². The molecule has 0 aliphatic carbocycles. The first kappa shape index (κ1) is 11.2. The summed E-state index contributed by atoms with van der Waals surface area (Å²) in [7, 11) is 0. The van der Waals surface area contributed by atoms with E-state index in [-0.39, 0.29) is 11.6 Å². The van der Waals surface area contributed by atoms with Gasteiger partial charge in [-0.2, -0.15) is 0 Å². The lowest BCUT2D eigenvalue weighted by molar-refractivity contribution is 0.629. The normalized spacial score (nSPS) is 11.5. The first-order chi connectivity index (χ1) is 9.70. The number of H-pyrrole nitrogens is 2. The minimum atomic E-state index is -0.274. The summed E-state index contributed by atoms with van der Waals surface area (Å²) in [6.45, 7) is 0. The highest BCUT2D eigenvalue weighted by Gasteiger charge is 2.10. The van der Waals surface area contributed by atoms with Gasteiger partial charge in [-0.15, -0.1) is 0 Å². The molecule has 2 aromatic carbocycles. The summed E-state index contributed by atoms with van der Waals surface area (Å²) in [5, 5.41) is 1.87. The number of hydrogen-bond donors (Lipinski definition) is 2. The molecule has 4 aromatic rings. The van der Waals surface area contributed by atoms with Crippen molar-refractivity contribution in [3.8, 4) is 11.3 Å². The molecule has 98 valence electrons. The quantitative estimate of drug-likeness (QED) is 0.506. The van der Waals surface area contributed by atoms with Crippen LogP contribution in [0, 0.1) is 11.6 Å². The van der Waals surface area contributed by atoms with Crippen LogP contribution in [0.25, 0.3) is 33.1 Å². The second-order valence-electron chi connectivity index (χ2n) is 4.81. The zero-order chi connectivity index (χ0) is 13.7. The molecule has 2 heterocycles. The highest BCUT2D eigenvalue weighted by molar-refractivity contribution is 5.97. The maximum Gasteiger partial charge on any atom is 0.125 e. The molecule has 0 spiro atoms. The summed E-state index contributed by atoms with van der Waals surface area (Å²) in [5.41, 5.74) is 3.31. The average molecular weight is 268 g/mol. The third-order valence-electron chi connectivity index (χ3n) is 3.52. The van der Waals surface area contributed by atoms with E-state index in [0.717, 1.165) is 33.1 Å². The van der Waals surface area contributed by atoms with Crippen LogP contribution in [-0.4, -0.2) is 9.97 Å². The Hall–Kier alpha value is -2.62. The lowest BCUT2D eigenvalue weighted by Crippen LogP contribution is -1.76. The number of halogens is 2. The number of fused-ring (bicyclic) bond motifs is 2. The van der Waals surface area contributed by atoms with Crippen molar-refractivity contribution >= 4 is 21.8 Å². The molecule has 2 nitrogen and oxygen atoms in total. The number of hydrogen-bond acceptors (Lipinski definition) is 0. The molecule has 0 amide bonds. The topological polar surface area (TPSA) is 31.6 Å². The van der Waals surface area contributed by atoms with Crippen LogP contribution in [0.1, 0.15) is 0 Å². The maximum atomic E-state index is 13.2. The summed E-state index contributed by atoms with van der Waals surface area (Å²) in [4.78, 5) is 6.24. The fourth-order valence-corrected chi connectivity index (χ4v) is 2.57. The maximum absolute atomic E-state index is 13.2. The number of nitrogens with one attached hydrogen (secondary N) is 2. The van der Waals surface area contributed by atoms with Crippen LogP contribution < -0.4 is 0 Å². The van der Waals surface area contributed by atoms with E-state index in [9.17, 15) is 8.78 Å². The molecular weight excluding hydrogens is 258 g/mol. The highest BCUT2D eigenvalue weighted by Crippen LogP contribution is 2.30. The van der Waals surface area contributed by atoms with E-state index in [0.29, 0.717) is 0 Å². The zero-order valence-corrected chi connectivity index (χ0v) is 10.4. The third-order valence-corrected chi connectivity index (χ3v) is 3.52. The van der Waals surface area contributed by atoms with Crippen LogP contribution in [-0.2, 0) is 0 Å². The van der Waals surface area contributed by atoms with E-state index in [2.05, 4.69) is 9.97 Å². The van der Waals surface area contributed by atoms with E-state index in [1.54, 1.807) is 12.1 Å². The monoisotopic (exact) mass is 268 g/mol. The molecule has 0 unspecified atom stereocenters. The van der Waals surface area contributed by atoms with Gasteiger partial charge >= 0.3 is 0 Å². The Morgan fingerprint density at radius 3 is 2.40 bits per heavy atom. The molecule has 2 aromatic heterocycles. The van der Waals surface area contributed by atoms with Crippen molar-refractivity contribution in [3.05, 3.63) is 60.3 Å². The molecular formula is C16H10F2N2. The smallest absolute Gasteiger partial charge is 0.125 e. The number of rotatable bonds is 1. The fourth-order valence-electron chi connectivity index (χ4n) is 2.57. The van der Waals surface area contributed by atoms with Crippen molar-refractivity contribution in [3.63, 3.8) is 0 Å². The van der Waals surface area contributed by atoms with Crippen LogP contribution in [0.3, 0.4) is 0 Å². The Bertz CT molecular complexity index is 934. The van der Waals surface area contributed by atoms with Gasteiger partial charge in [-0.3, -0.25) is 0 Å². The molecule has 0 aliphatic rings. The lowest BCUT2D eigenvalue weighted by atomic mass is 10.1. The van der Waals surface area contributed by atoms with Crippen molar-refractivity contribution in [2.45, 2.75) is 0 Å². The Kier molecular flexibility index (Phi) is 2.21. The lowest BCUT2D eigenvalue weighted by Gasteiger charge is -1.95. The van der Waals surface area contributed by atoms with Crippen molar-refractivity contribution < 1.29 is 8.78 Å². The van der Waals surface area contributed by atoms with Crippen LogP contribution >= 0.6 is 0 Å². The molecule has 2 N–H and O–H groups in total. The van der Waals surface area contributed by atoms with Crippen molar-refractivity contribution in [1.29, 1.82) is 0 Å². The summed E-state index contributed by atoms with van der Waals surface area (Å²) >= 11 is 0. The molecule has 0 radical (unpaired) electrons. The van der Waals surface area contributed by atoms with Gasteiger partial charge in [-0.25, -0.2) is 8.78 Å². The molecule has 0 bridgehead atoms. The molecule has 0 saturated heterocycles. The molecule has 0 fully saturated rings. The summed E-state index contributed by atoms with van der Waals surface area (Å²) < 4.78 is 26.4. The minimum Gasteiger partial charge on any atom is -0.360 e. The first-order valence-corrected chi connectivity index (χ1v) is 6.26. The SMILES string of the molecule is Fc1ccc2cc(-c3c[nH]c4cc(F)ccc34)[nH]c2c1. The Labute approximate surface area is 113 Å². The third kappa shape index (κ3) is 1.61. The first-order valence-electron chi connectivity index (χ1n) is 6.26. The minimum absolute atomic E-state index is 0.271. The van der Waals surface area contributed by atoms with Gasteiger partial charge < -0.3 is 9.97 Å². The number of benzene rings is 2. The van der Waals surface area contributed by atoms with E-state index in [4.69, 9.17) is 0 Å². The van der Waals surface area contributed by atoms with Gasteiger partial charge in [-0.1, -0.05) is 0 Å². The Morgan fingerprint density at radius 2 is 1.55 bits per heavy atom. The summed E-state index contributed by atoms with van der Waals surface area (Å²) in [5.74, 6) is -0.545.